The standard InChI is InChI=1S/C17H19N5O3S/c1-10-6-4-5-7-11(10)14-13(15(23)25-3)12(20-16(24)21-14)8-26-17-18-9-19-22(17)2/h4-7,9,14H,8H2,1-3H3,(H2,20,21,24). The normalized spacial score (nSPS) is 16.9. The number of ether oxygens (including phenoxy) is 1. The van der Waals surface area contributed by atoms with Crippen molar-refractivity contribution in [3.05, 3.63) is 53.0 Å². The lowest BCUT2D eigenvalue weighted by Gasteiger charge is -2.29. The van der Waals surface area contributed by atoms with Crippen molar-refractivity contribution in [2.45, 2.75) is 18.1 Å². The van der Waals surface area contributed by atoms with Crippen molar-refractivity contribution in [1.82, 2.24) is 25.4 Å². The quantitative estimate of drug-likeness (QED) is 0.611. The molecule has 136 valence electrons. The Morgan fingerprint density at radius 1 is 1.38 bits per heavy atom. The van der Waals surface area contributed by atoms with Gasteiger partial charge in [0.2, 0.25) is 0 Å². The molecular formula is C17H19N5O3S. The maximum absolute atomic E-state index is 12.5. The van der Waals surface area contributed by atoms with E-state index >= 15 is 0 Å². The number of carbonyl (C=O) groups excluding carboxylic acids is 2. The van der Waals surface area contributed by atoms with Gasteiger partial charge in [-0.05, 0) is 18.1 Å². The number of amides is 2. The zero-order valence-electron chi connectivity index (χ0n) is 14.6. The first-order chi connectivity index (χ1) is 12.5. The Kier molecular flexibility index (Phi) is 5.27. The Morgan fingerprint density at radius 2 is 2.15 bits per heavy atom. The number of aryl methyl sites for hydroxylation is 2. The van der Waals surface area contributed by atoms with Gasteiger partial charge in [-0.2, -0.15) is 5.10 Å². The van der Waals surface area contributed by atoms with Crippen LogP contribution in [0.5, 0.6) is 0 Å². The molecule has 0 saturated heterocycles. The van der Waals surface area contributed by atoms with Crippen LogP contribution >= 0.6 is 11.8 Å². The van der Waals surface area contributed by atoms with Crippen LogP contribution in [-0.2, 0) is 16.6 Å². The number of hydrogen-bond acceptors (Lipinski definition) is 6. The summed E-state index contributed by atoms with van der Waals surface area (Å²) in [5.74, 6) is -0.133. The van der Waals surface area contributed by atoms with Crippen LogP contribution in [0, 0.1) is 6.92 Å². The molecule has 0 fully saturated rings. The van der Waals surface area contributed by atoms with E-state index < -0.39 is 12.0 Å². The molecule has 0 saturated carbocycles. The molecule has 1 aromatic heterocycles. The number of aromatic nitrogens is 3. The number of esters is 1. The van der Waals surface area contributed by atoms with Crippen molar-refractivity contribution in [1.29, 1.82) is 0 Å². The van der Waals surface area contributed by atoms with E-state index in [-0.39, 0.29) is 6.03 Å². The van der Waals surface area contributed by atoms with Crippen molar-refractivity contribution in [2.75, 3.05) is 12.9 Å². The van der Waals surface area contributed by atoms with Gasteiger partial charge in [0, 0.05) is 18.5 Å². The van der Waals surface area contributed by atoms with Gasteiger partial charge < -0.3 is 15.4 Å². The van der Waals surface area contributed by atoms with Gasteiger partial charge in [0.1, 0.15) is 6.33 Å². The number of nitrogens with one attached hydrogen (secondary N) is 2. The summed E-state index contributed by atoms with van der Waals surface area (Å²) in [6.45, 7) is 1.94. The van der Waals surface area contributed by atoms with Crippen molar-refractivity contribution in [3.63, 3.8) is 0 Å². The predicted molar refractivity (Wildman–Crippen MR) is 96.4 cm³/mol. The average Bonchev–Trinajstić information content (AvgIpc) is 3.04. The number of benzene rings is 1. The van der Waals surface area contributed by atoms with Gasteiger partial charge in [0.25, 0.3) is 0 Å². The molecule has 3 rings (SSSR count). The van der Waals surface area contributed by atoms with Crippen LogP contribution in [0.25, 0.3) is 0 Å². The highest BCUT2D eigenvalue weighted by Crippen LogP contribution is 2.31. The van der Waals surface area contributed by atoms with Crippen LogP contribution < -0.4 is 10.6 Å². The van der Waals surface area contributed by atoms with Gasteiger partial charge in [0.15, 0.2) is 5.16 Å². The fourth-order valence-corrected chi connectivity index (χ4v) is 3.64. The van der Waals surface area contributed by atoms with Crippen LogP contribution in [0.4, 0.5) is 4.79 Å². The molecule has 1 aliphatic rings. The molecule has 2 amide bonds. The summed E-state index contributed by atoms with van der Waals surface area (Å²) in [5.41, 5.74) is 2.71. The zero-order chi connectivity index (χ0) is 18.7. The number of methoxy groups -OCH3 is 1. The average molecular weight is 373 g/mol. The van der Waals surface area contributed by atoms with Gasteiger partial charge in [0.05, 0.1) is 18.7 Å². The third-order valence-electron chi connectivity index (χ3n) is 4.07. The summed E-state index contributed by atoms with van der Waals surface area (Å²) in [5, 5.41) is 10.3. The second kappa shape index (κ2) is 7.61. The number of hydrogen-bond donors (Lipinski definition) is 2. The van der Waals surface area contributed by atoms with Crippen molar-refractivity contribution >= 4 is 23.8 Å². The smallest absolute Gasteiger partial charge is 0.338 e. The lowest BCUT2D eigenvalue weighted by atomic mass is 9.92. The predicted octanol–water partition coefficient (Wildman–Crippen LogP) is 1.70. The zero-order valence-corrected chi connectivity index (χ0v) is 15.5. The fraction of sp³-hybridized carbons (Fsp3) is 0.294. The molecule has 2 N–H and O–H groups in total. The highest BCUT2D eigenvalue weighted by molar-refractivity contribution is 7.99. The molecule has 1 aliphatic heterocycles. The molecule has 0 aliphatic carbocycles. The first-order valence-corrected chi connectivity index (χ1v) is 8.91. The van der Waals surface area contributed by atoms with Crippen LogP contribution in [0.1, 0.15) is 17.2 Å². The molecular weight excluding hydrogens is 354 g/mol. The lowest BCUT2D eigenvalue weighted by molar-refractivity contribution is -0.136. The summed E-state index contributed by atoms with van der Waals surface area (Å²) in [6.07, 6.45) is 1.45. The van der Waals surface area contributed by atoms with Gasteiger partial charge in [-0.1, -0.05) is 36.0 Å². The minimum Gasteiger partial charge on any atom is -0.466 e. The van der Waals surface area contributed by atoms with E-state index in [1.807, 2.05) is 31.2 Å². The minimum absolute atomic E-state index is 0.354. The number of rotatable bonds is 5. The van der Waals surface area contributed by atoms with E-state index in [0.29, 0.717) is 22.2 Å². The molecule has 2 heterocycles. The third kappa shape index (κ3) is 3.57. The minimum atomic E-state index is -0.576. The molecule has 2 aromatic rings. The molecule has 1 aromatic carbocycles. The summed E-state index contributed by atoms with van der Waals surface area (Å²) >= 11 is 1.38. The Balaban J connectivity index is 2.00. The van der Waals surface area contributed by atoms with Crippen molar-refractivity contribution in [3.8, 4) is 0 Å². The SMILES string of the molecule is COC(=O)C1=C(CSc2ncnn2C)NC(=O)NC1c1ccccc1C. The number of carbonyl (C=O) groups is 2. The Bertz CT molecular complexity index is 877. The fourth-order valence-electron chi connectivity index (χ4n) is 2.78. The first kappa shape index (κ1) is 18.0. The van der Waals surface area contributed by atoms with E-state index in [1.54, 1.807) is 11.7 Å². The van der Waals surface area contributed by atoms with E-state index in [0.717, 1.165) is 11.1 Å². The van der Waals surface area contributed by atoms with Crippen LogP contribution in [0.3, 0.4) is 0 Å². The Labute approximate surface area is 155 Å². The van der Waals surface area contributed by atoms with Crippen LogP contribution in [-0.4, -0.2) is 39.6 Å². The van der Waals surface area contributed by atoms with Gasteiger partial charge in [-0.25, -0.2) is 19.3 Å². The van der Waals surface area contributed by atoms with E-state index in [2.05, 4.69) is 20.7 Å². The van der Waals surface area contributed by atoms with Gasteiger partial charge >= 0.3 is 12.0 Å². The van der Waals surface area contributed by atoms with E-state index in [1.165, 1.54) is 25.2 Å². The maximum Gasteiger partial charge on any atom is 0.338 e. The molecule has 0 spiro atoms. The summed E-state index contributed by atoms with van der Waals surface area (Å²) in [7, 11) is 3.11. The monoisotopic (exact) mass is 373 g/mol. The molecule has 26 heavy (non-hydrogen) atoms. The topological polar surface area (TPSA) is 98.1 Å². The molecule has 1 atom stereocenters. The molecule has 8 nitrogen and oxygen atoms in total. The second-order valence-corrected chi connectivity index (χ2v) is 6.67. The molecule has 0 bridgehead atoms. The molecule has 1 unspecified atom stereocenters. The lowest BCUT2D eigenvalue weighted by Crippen LogP contribution is -2.46. The van der Waals surface area contributed by atoms with E-state index in [4.69, 9.17) is 4.74 Å². The number of nitrogens with zero attached hydrogens (tertiary/aromatic N) is 3. The molecule has 9 heteroatoms. The largest absolute Gasteiger partial charge is 0.466 e. The van der Waals surface area contributed by atoms with Gasteiger partial charge in [-0.3, -0.25) is 0 Å². The molecule has 0 radical (unpaired) electrons. The first-order valence-electron chi connectivity index (χ1n) is 7.92. The number of urea groups is 1. The van der Waals surface area contributed by atoms with Crippen LogP contribution in [0.15, 0.2) is 47.0 Å². The van der Waals surface area contributed by atoms with Crippen molar-refractivity contribution in [2.24, 2.45) is 7.05 Å². The highest BCUT2D eigenvalue weighted by Gasteiger charge is 2.34. The highest BCUT2D eigenvalue weighted by atomic mass is 32.2. The maximum atomic E-state index is 12.5. The third-order valence-corrected chi connectivity index (χ3v) is 5.13. The van der Waals surface area contributed by atoms with Gasteiger partial charge in [-0.15, -0.1) is 0 Å². The Hall–Kier alpha value is -2.81. The summed E-state index contributed by atoms with van der Waals surface area (Å²) < 4.78 is 6.61. The summed E-state index contributed by atoms with van der Waals surface area (Å²) in [4.78, 5) is 28.8. The van der Waals surface area contributed by atoms with Crippen LogP contribution in [0.2, 0.25) is 0 Å². The summed E-state index contributed by atoms with van der Waals surface area (Å²) in [6, 6.07) is 6.67. The van der Waals surface area contributed by atoms with Crippen molar-refractivity contribution < 1.29 is 14.3 Å². The number of thioether (sulfide) groups is 1. The second-order valence-electron chi connectivity index (χ2n) is 5.73. The van der Waals surface area contributed by atoms with E-state index in [9.17, 15) is 9.59 Å². The Morgan fingerprint density at radius 3 is 2.81 bits per heavy atom.